The Morgan fingerprint density at radius 2 is 2.24 bits per heavy atom. The highest BCUT2D eigenvalue weighted by molar-refractivity contribution is 7.80. The highest BCUT2D eigenvalue weighted by Gasteiger charge is 2.13. The third-order valence-electron chi connectivity index (χ3n) is 2.60. The minimum Gasteiger partial charge on any atom is -0.454 e. The van der Waals surface area contributed by atoms with Crippen LogP contribution in [0, 0.1) is 0 Å². The molecule has 0 saturated carbocycles. The summed E-state index contributed by atoms with van der Waals surface area (Å²) in [5.74, 6) is 1.62. The lowest BCUT2D eigenvalue weighted by Crippen LogP contribution is -2.29. The van der Waals surface area contributed by atoms with Gasteiger partial charge >= 0.3 is 0 Å². The van der Waals surface area contributed by atoms with Crippen LogP contribution in [-0.4, -0.2) is 17.8 Å². The summed E-state index contributed by atoms with van der Waals surface area (Å²) in [5.41, 5.74) is 6.65. The lowest BCUT2D eigenvalue weighted by atomic mass is 10.1. The summed E-state index contributed by atoms with van der Waals surface area (Å²) < 4.78 is 10.6. The van der Waals surface area contributed by atoms with Crippen LogP contribution < -0.4 is 20.5 Å². The first kappa shape index (κ1) is 12.1. The molecule has 0 saturated heterocycles. The Morgan fingerprint density at radius 3 is 3.00 bits per heavy atom. The van der Waals surface area contributed by atoms with Gasteiger partial charge in [-0.25, -0.2) is 0 Å². The van der Waals surface area contributed by atoms with Crippen LogP contribution in [-0.2, 0) is 6.54 Å². The predicted octanol–water partition coefficient (Wildman–Crippen LogP) is 1.57. The molecule has 1 aliphatic heterocycles. The van der Waals surface area contributed by atoms with Crippen molar-refractivity contribution in [1.29, 1.82) is 0 Å². The van der Waals surface area contributed by atoms with E-state index in [1.165, 1.54) is 0 Å². The minimum atomic E-state index is 0.276. The zero-order valence-corrected chi connectivity index (χ0v) is 10.5. The summed E-state index contributed by atoms with van der Waals surface area (Å²) in [6.45, 7) is 3.14. The van der Waals surface area contributed by atoms with Gasteiger partial charge in [0.05, 0.1) is 4.99 Å². The van der Waals surface area contributed by atoms with Crippen molar-refractivity contribution >= 4 is 17.2 Å². The van der Waals surface area contributed by atoms with Crippen LogP contribution in [0.2, 0.25) is 0 Å². The van der Waals surface area contributed by atoms with Gasteiger partial charge in [-0.05, 0) is 24.6 Å². The number of benzene rings is 1. The molecule has 1 unspecified atom stereocenters. The van der Waals surface area contributed by atoms with Gasteiger partial charge in [-0.1, -0.05) is 18.3 Å². The van der Waals surface area contributed by atoms with E-state index in [-0.39, 0.29) is 6.04 Å². The lowest BCUT2D eigenvalue weighted by molar-refractivity contribution is 0.174. The van der Waals surface area contributed by atoms with Crippen LogP contribution in [0.25, 0.3) is 0 Å². The van der Waals surface area contributed by atoms with Crippen molar-refractivity contribution in [3.05, 3.63) is 23.8 Å². The van der Waals surface area contributed by atoms with Crippen LogP contribution >= 0.6 is 12.2 Å². The molecule has 0 fully saturated rings. The largest absolute Gasteiger partial charge is 0.454 e. The van der Waals surface area contributed by atoms with Crippen molar-refractivity contribution in [2.24, 2.45) is 5.73 Å². The molecule has 1 atom stereocenters. The molecule has 1 heterocycles. The second kappa shape index (κ2) is 5.33. The smallest absolute Gasteiger partial charge is 0.231 e. The highest BCUT2D eigenvalue weighted by atomic mass is 32.1. The SMILES string of the molecule is CC(CC(N)=S)NCc1ccc2c(c1)OCO2. The summed E-state index contributed by atoms with van der Waals surface area (Å²) >= 11 is 4.87. The van der Waals surface area contributed by atoms with Gasteiger partial charge in [0.1, 0.15) is 0 Å². The van der Waals surface area contributed by atoms with Gasteiger partial charge in [-0.15, -0.1) is 0 Å². The van der Waals surface area contributed by atoms with Crippen molar-refractivity contribution < 1.29 is 9.47 Å². The van der Waals surface area contributed by atoms with Crippen molar-refractivity contribution in [3.8, 4) is 11.5 Å². The molecule has 17 heavy (non-hydrogen) atoms. The van der Waals surface area contributed by atoms with E-state index in [1.54, 1.807) is 0 Å². The van der Waals surface area contributed by atoms with Gasteiger partial charge in [0.2, 0.25) is 6.79 Å². The zero-order chi connectivity index (χ0) is 12.3. The molecule has 2 rings (SSSR count). The van der Waals surface area contributed by atoms with E-state index in [9.17, 15) is 0 Å². The van der Waals surface area contributed by atoms with Gasteiger partial charge < -0.3 is 20.5 Å². The molecule has 4 nitrogen and oxygen atoms in total. The quantitative estimate of drug-likeness (QED) is 0.779. The average molecular weight is 252 g/mol. The van der Waals surface area contributed by atoms with E-state index in [2.05, 4.69) is 12.2 Å². The van der Waals surface area contributed by atoms with E-state index in [1.807, 2.05) is 18.2 Å². The Bertz CT molecular complexity index is 423. The molecule has 92 valence electrons. The number of fused-ring (bicyclic) bond motifs is 1. The average Bonchev–Trinajstić information content (AvgIpc) is 2.72. The fourth-order valence-electron chi connectivity index (χ4n) is 1.72. The van der Waals surface area contributed by atoms with Crippen molar-refractivity contribution in [1.82, 2.24) is 5.32 Å². The summed E-state index contributed by atoms with van der Waals surface area (Å²) in [6.07, 6.45) is 0.708. The second-order valence-electron chi connectivity index (χ2n) is 4.14. The summed E-state index contributed by atoms with van der Waals surface area (Å²) in [5, 5.41) is 3.36. The topological polar surface area (TPSA) is 56.5 Å². The molecule has 0 aliphatic carbocycles. The Labute approximate surface area is 106 Å². The number of hydrogen-bond donors (Lipinski definition) is 2. The first-order valence-electron chi connectivity index (χ1n) is 5.55. The number of thiocarbonyl (C=S) groups is 1. The number of hydrogen-bond acceptors (Lipinski definition) is 4. The Hall–Kier alpha value is -1.33. The number of ether oxygens (including phenoxy) is 2. The summed E-state index contributed by atoms with van der Waals surface area (Å²) in [6, 6.07) is 6.21. The van der Waals surface area contributed by atoms with E-state index in [0.29, 0.717) is 18.2 Å². The molecule has 1 aliphatic rings. The molecule has 1 aromatic carbocycles. The molecule has 1 aromatic rings. The third-order valence-corrected chi connectivity index (χ3v) is 2.77. The monoisotopic (exact) mass is 252 g/mol. The molecule has 0 spiro atoms. The van der Waals surface area contributed by atoms with Crippen LogP contribution in [0.5, 0.6) is 11.5 Å². The molecule has 0 aromatic heterocycles. The lowest BCUT2D eigenvalue weighted by Gasteiger charge is -2.13. The van der Waals surface area contributed by atoms with Crippen LogP contribution in [0.4, 0.5) is 0 Å². The minimum absolute atomic E-state index is 0.276. The number of nitrogens with one attached hydrogen (secondary N) is 1. The Balaban J connectivity index is 1.89. The van der Waals surface area contributed by atoms with E-state index < -0.39 is 0 Å². The maximum atomic E-state index is 5.49. The zero-order valence-electron chi connectivity index (χ0n) is 9.73. The van der Waals surface area contributed by atoms with E-state index in [4.69, 9.17) is 27.4 Å². The molecule has 0 bridgehead atoms. The Kier molecular flexibility index (Phi) is 3.81. The first-order valence-corrected chi connectivity index (χ1v) is 5.96. The van der Waals surface area contributed by atoms with Crippen molar-refractivity contribution in [2.75, 3.05) is 6.79 Å². The summed E-state index contributed by atoms with van der Waals surface area (Å²) in [7, 11) is 0. The molecule has 0 amide bonds. The van der Waals surface area contributed by atoms with E-state index in [0.717, 1.165) is 23.6 Å². The predicted molar refractivity (Wildman–Crippen MR) is 70.3 cm³/mol. The Morgan fingerprint density at radius 1 is 1.47 bits per heavy atom. The van der Waals surface area contributed by atoms with Crippen LogP contribution in [0.1, 0.15) is 18.9 Å². The fraction of sp³-hybridized carbons (Fsp3) is 0.417. The van der Waals surface area contributed by atoms with E-state index >= 15 is 0 Å². The highest BCUT2D eigenvalue weighted by Crippen LogP contribution is 2.32. The molecule has 5 heteroatoms. The van der Waals surface area contributed by atoms with Gasteiger partial charge in [-0.2, -0.15) is 0 Å². The molecular weight excluding hydrogens is 236 g/mol. The molecule has 3 N–H and O–H groups in total. The molecule has 0 radical (unpaired) electrons. The number of rotatable bonds is 5. The van der Waals surface area contributed by atoms with Crippen LogP contribution in [0.3, 0.4) is 0 Å². The standard InChI is InChI=1S/C12H16N2O2S/c1-8(4-12(13)17)14-6-9-2-3-10-11(5-9)16-7-15-10/h2-3,5,8,14H,4,6-7H2,1H3,(H2,13,17). The second-order valence-corrected chi connectivity index (χ2v) is 4.66. The van der Waals surface area contributed by atoms with Crippen molar-refractivity contribution in [2.45, 2.75) is 25.9 Å². The summed E-state index contributed by atoms with van der Waals surface area (Å²) in [4.78, 5) is 0.538. The number of nitrogens with two attached hydrogens (primary N) is 1. The van der Waals surface area contributed by atoms with Crippen molar-refractivity contribution in [3.63, 3.8) is 0 Å². The van der Waals surface area contributed by atoms with Gasteiger partial charge in [-0.3, -0.25) is 0 Å². The third kappa shape index (κ3) is 3.31. The van der Waals surface area contributed by atoms with Gasteiger partial charge in [0, 0.05) is 19.0 Å². The van der Waals surface area contributed by atoms with Gasteiger partial charge in [0.25, 0.3) is 0 Å². The normalized spacial score (nSPS) is 14.6. The van der Waals surface area contributed by atoms with Gasteiger partial charge in [0.15, 0.2) is 11.5 Å². The molecular formula is C12H16N2O2S. The maximum Gasteiger partial charge on any atom is 0.231 e. The fourth-order valence-corrected chi connectivity index (χ4v) is 1.97. The van der Waals surface area contributed by atoms with Crippen LogP contribution in [0.15, 0.2) is 18.2 Å². The maximum absolute atomic E-state index is 5.49. The first-order chi connectivity index (χ1) is 8.15.